The molecule has 0 radical (unpaired) electrons. The fraction of sp³-hybridized carbons (Fsp3) is 0.222. The number of rotatable bonds is 5. The highest BCUT2D eigenvalue weighted by molar-refractivity contribution is 7.17. The average Bonchev–Trinajstić information content (AvgIpc) is 3.04. The van der Waals surface area contributed by atoms with E-state index >= 15 is 0 Å². The van der Waals surface area contributed by atoms with Crippen molar-refractivity contribution in [1.82, 2.24) is 0 Å². The first-order valence-corrected chi connectivity index (χ1v) is 8.36. The molecule has 118 valence electrons. The van der Waals surface area contributed by atoms with E-state index in [1.807, 2.05) is 24.3 Å². The quantitative estimate of drug-likeness (QED) is 0.521. The molecule has 3 rings (SSSR count). The Hall–Kier alpha value is -2.40. The molecule has 0 aliphatic heterocycles. The van der Waals surface area contributed by atoms with Crippen LogP contribution in [0.15, 0.2) is 45.6 Å². The first kappa shape index (κ1) is 15.5. The molecule has 0 fully saturated rings. The van der Waals surface area contributed by atoms with Crippen LogP contribution in [0.2, 0.25) is 0 Å². The summed E-state index contributed by atoms with van der Waals surface area (Å²) in [6.07, 6.45) is 0.785. The summed E-state index contributed by atoms with van der Waals surface area (Å²) in [6.45, 7) is 5.98. The molecule has 0 saturated heterocycles. The Balaban J connectivity index is 2.10. The lowest BCUT2D eigenvalue weighted by Crippen LogP contribution is -2.21. The van der Waals surface area contributed by atoms with Crippen LogP contribution < -0.4 is 10.5 Å². The van der Waals surface area contributed by atoms with Gasteiger partial charge in [0, 0.05) is 35.1 Å². The Bertz CT molecular complexity index is 906. The van der Waals surface area contributed by atoms with Gasteiger partial charge in [-0.15, -0.1) is 11.3 Å². The molecule has 0 saturated carbocycles. The van der Waals surface area contributed by atoms with Crippen molar-refractivity contribution in [3.63, 3.8) is 0 Å². The zero-order valence-corrected chi connectivity index (χ0v) is 13.9. The van der Waals surface area contributed by atoms with E-state index in [1.54, 1.807) is 12.1 Å². The fourth-order valence-electron chi connectivity index (χ4n) is 2.62. The third-order valence-electron chi connectivity index (χ3n) is 3.86. The molecule has 0 amide bonds. The fourth-order valence-corrected chi connectivity index (χ4v) is 3.44. The van der Waals surface area contributed by atoms with Gasteiger partial charge in [-0.1, -0.05) is 0 Å². The molecule has 0 N–H and O–H groups in total. The largest absolute Gasteiger partial charge is 0.422 e. The Morgan fingerprint density at radius 2 is 1.91 bits per heavy atom. The van der Waals surface area contributed by atoms with Gasteiger partial charge in [0.1, 0.15) is 5.58 Å². The van der Waals surface area contributed by atoms with Gasteiger partial charge in [-0.05, 0) is 44.2 Å². The van der Waals surface area contributed by atoms with Crippen molar-refractivity contribution in [1.29, 1.82) is 0 Å². The number of aldehydes is 1. The number of fused-ring (bicyclic) bond motifs is 1. The van der Waals surface area contributed by atoms with Crippen LogP contribution in [-0.2, 0) is 0 Å². The van der Waals surface area contributed by atoms with E-state index in [0.29, 0.717) is 16.0 Å². The van der Waals surface area contributed by atoms with Crippen molar-refractivity contribution in [3.8, 4) is 10.4 Å². The predicted octanol–water partition coefficient (Wildman–Crippen LogP) is 4.18. The van der Waals surface area contributed by atoms with Crippen LogP contribution in [0.1, 0.15) is 23.5 Å². The van der Waals surface area contributed by atoms with Gasteiger partial charge in [0.05, 0.1) is 10.4 Å². The van der Waals surface area contributed by atoms with Crippen LogP contribution in [0.4, 0.5) is 5.69 Å². The minimum Gasteiger partial charge on any atom is -0.422 e. The van der Waals surface area contributed by atoms with Gasteiger partial charge < -0.3 is 9.32 Å². The zero-order chi connectivity index (χ0) is 16.4. The number of nitrogens with zero attached hydrogens (tertiary/aromatic N) is 1. The Morgan fingerprint density at radius 3 is 2.57 bits per heavy atom. The molecule has 0 spiro atoms. The molecular weight excluding hydrogens is 310 g/mol. The van der Waals surface area contributed by atoms with Crippen molar-refractivity contribution >= 4 is 34.3 Å². The molecule has 0 aliphatic rings. The highest BCUT2D eigenvalue weighted by atomic mass is 32.1. The molecule has 1 aromatic carbocycles. The molecule has 2 aromatic heterocycles. The van der Waals surface area contributed by atoms with Gasteiger partial charge in [0.15, 0.2) is 6.29 Å². The average molecular weight is 327 g/mol. The lowest BCUT2D eigenvalue weighted by Gasteiger charge is -2.20. The van der Waals surface area contributed by atoms with Gasteiger partial charge in [-0.2, -0.15) is 0 Å². The van der Waals surface area contributed by atoms with Gasteiger partial charge in [0.2, 0.25) is 0 Å². The number of anilines is 1. The standard InChI is InChI=1S/C18H17NO3S/c1-3-19(4-2)13-6-5-12-9-15(18(21)22-16(12)10-13)17-8-7-14(11-20)23-17/h5-11H,3-4H2,1-2H3. The number of benzene rings is 1. The number of thiophene rings is 1. The highest BCUT2D eigenvalue weighted by Crippen LogP contribution is 2.28. The maximum absolute atomic E-state index is 12.3. The molecule has 4 nitrogen and oxygen atoms in total. The number of carbonyl (C=O) groups is 1. The van der Waals surface area contributed by atoms with E-state index in [9.17, 15) is 9.59 Å². The summed E-state index contributed by atoms with van der Waals surface area (Å²) in [6, 6.07) is 11.2. The second kappa shape index (κ2) is 6.38. The summed E-state index contributed by atoms with van der Waals surface area (Å²) in [5, 5.41) is 0.872. The Morgan fingerprint density at radius 1 is 1.13 bits per heavy atom. The molecule has 5 heteroatoms. The molecule has 3 aromatic rings. The van der Waals surface area contributed by atoms with E-state index in [1.165, 1.54) is 11.3 Å². The second-order valence-corrected chi connectivity index (χ2v) is 6.28. The van der Waals surface area contributed by atoms with Crippen LogP contribution in [0, 0.1) is 0 Å². The lowest BCUT2D eigenvalue weighted by atomic mass is 10.1. The molecule has 2 heterocycles. The zero-order valence-electron chi connectivity index (χ0n) is 13.0. The van der Waals surface area contributed by atoms with Crippen LogP contribution >= 0.6 is 11.3 Å². The maximum Gasteiger partial charge on any atom is 0.345 e. The van der Waals surface area contributed by atoms with E-state index in [-0.39, 0.29) is 5.63 Å². The first-order valence-electron chi connectivity index (χ1n) is 7.54. The van der Waals surface area contributed by atoms with Crippen molar-refractivity contribution < 1.29 is 9.21 Å². The molecule has 0 unspecified atom stereocenters. The summed E-state index contributed by atoms with van der Waals surface area (Å²) >= 11 is 1.29. The first-order chi connectivity index (χ1) is 11.2. The molecular formula is C18H17NO3S. The SMILES string of the molecule is CCN(CC)c1ccc2cc(-c3ccc(C=O)s3)c(=O)oc2c1. The predicted molar refractivity (Wildman–Crippen MR) is 94.7 cm³/mol. The lowest BCUT2D eigenvalue weighted by molar-refractivity contribution is 0.112. The van der Waals surface area contributed by atoms with Crippen molar-refractivity contribution in [2.45, 2.75) is 13.8 Å². The second-order valence-electron chi connectivity index (χ2n) is 5.16. The number of carbonyl (C=O) groups excluding carboxylic acids is 1. The van der Waals surface area contributed by atoms with Crippen molar-refractivity contribution in [2.24, 2.45) is 0 Å². The summed E-state index contributed by atoms with van der Waals surface area (Å²) in [5.74, 6) is 0. The summed E-state index contributed by atoms with van der Waals surface area (Å²) < 4.78 is 5.51. The highest BCUT2D eigenvalue weighted by Gasteiger charge is 2.11. The van der Waals surface area contributed by atoms with Crippen LogP contribution in [0.5, 0.6) is 0 Å². The van der Waals surface area contributed by atoms with E-state index in [0.717, 1.165) is 35.3 Å². The molecule has 23 heavy (non-hydrogen) atoms. The topological polar surface area (TPSA) is 50.5 Å². The maximum atomic E-state index is 12.3. The van der Waals surface area contributed by atoms with E-state index in [2.05, 4.69) is 18.7 Å². The number of hydrogen-bond acceptors (Lipinski definition) is 5. The van der Waals surface area contributed by atoms with Crippen LogP contribution in [-0.4, -0.2) is 19.4 Å². The van der Waals surface area contributed by atoms with Crippen molar-refractivity contribution in [2.75, 3.05) is 18.0 Å². The van der Waals surface area contributed by atoms with Gasteiger partial charge in [-0.3, -0.25) is 4.79 Å². The Kier molecular flexibility index (Phi) is 4.30. The van der Waals surface area contributed by atoms with Crippen molar-refractivity contribution in [3.05, 3.63) is 51.7 Å². The minimum atomic E-state index is -0.381. The van der Waals surface area contributed by atoms with Gasteiger partial charge in [-0.25, -0.2) is 4.79 Å². The normalized spacial score (nSPS) is 10.9. The number of hydrogen-bond donors (Lipinski definition) is 0. The summed E-state index contributed by atoms with van der Waals surface area (Å²) in [7, 11) is 0. The van der Waals surface area contributed by atoms with Gasteiger partial charge >= 0.3 is 5.63 Å². The molecule has 0 atom stereocenters. The Labute approximate surface area is 138 Å². The monoisotopic (exact) mass is 327 g/mol. The molecule has 0 aliphatic carbocycles. The smallest absolute Gasteiger partial charge is 0.345 e. The van der Waals surface area contributed by atoms with Crippen LogP contribution in [0.3, 0.4) is 0 Å². The third kappa shape index (κ3) is 2.92. The van der Waals surface area contributed by atoms with E-state index in [4.69, 9.17) is 4.42 Å². The summed E-state index contributed by atoms with van der Waals surface area (Å²) in [4.78, 5) is 26.6. The van der Waals surface area contributed by atoms with E-state index < -0.39 is 0 Å². The van der Waals surface area contributed by atoms with Gasteiger partial charge in [0.25, 0.3) is 0 Å². The van der Waals surface area contributed by atoms with Crippen LogP contribution in [0.25, 0.3) is 21.4 Å². The minimum absolute atomic E-state index is 0.381. The third-order valence-corrected chi connectivity index (χ3v) is 4.90. The molecule has 0 bridgehead atoms. The summed E-state index contributed by atoms with van der Waals surface area (Å²) in [5.41, 5.74) is 1.73.